The van der Waals surface area contributed by atoms with Crippen LogP contribution >= 0.6 is 0 Å². The number of methoxy groups -OCH3 is 1. The molecule has 0 aliphatic rings. The standard InChI is InChI=1S/C12H12O4/c1-6-7(2)12(14)16-10-5-9(13)11(15-3)4-8(6)10/h4-5,13H,1-3H3. The lowest BCUT2D eigenvalue weighted by Gasteiger charge is -2.07. The van der Waals surface area contributed by atoms with Crippen LogP contribution in [0.15, 0.2) is 21.3 Å². The molecule has 1 aromatic heterocycles. The molecule has 1 heterocycles. The second kappa shape index (κ2) is 3.56. The third-order valence-corrected chi connectivity index (χ3v) is 2.76. The first-order valence-corrected chi connectivity index (χ1v) is 4.85. The zero-order valence-corrected chi connectivity index (χ0v) is 9.33. The molecule has 1 N–H and O–H groups in total. The first-order valence-electron chi connectivity index (χ1n) is 4.85. The zero-order valence-electron chi connectivity index (χ0n) is 9.33. The molecule has 4 heteroatoms. The van der Waals surface area contributed by atoms with Crippen LogP contribution in [0.5, 0.6) is 11.5 Å². The van der Waals surface area contributed by atoms with Crippen LogP contribution in [0, 0.1) is 13.8 Å². The molecule has 0 atom stereocenters. The average Bonchev–Trinajstić information content (AvgIpc) is 2.26. The van der Waals surface area contributed by atoms with E-state index >= 15 is 0 Å². The number of fused-ring (bicyclic) bond motifs is 1. The lowest BCUT2D eigenvalue weighted by atomic mass is 10.1. The molecule has 0 unspecified atom stereocenters. The quantitative estimate of drug-likeness (QED) is 0.748. The van der Waals surface area contributed by atoms with Gasteiger partial charge in [-0.25, -0.2) is 4.79 Å². The minimum absolute atomic E-state index is 0.0404. The number of phenolic OH excluding ortho intramolecular Hbond substituents is 1. The van der Waals surface area contributed by atoms with Gasteiger partial charge in [0.1, 0.15) is 5.58 Å². The predicted octanol–water partition coefficient (Wildman–Crippen LogP) is 2.12. The molecule has 0 bridgehead atoms. The van der Waals surface area contributed by atoms with Gasteiger partial charge < -0.3 is 14.3 Å². The Hall–Kier alpha value is -1.97. The van der Waals surface area contributed by atoms with Crippen LogP contribution in [0.1, 0.15) is 11.1 Å². The summed E-state index contributed by atoms with van der Waals surface area (Å²) in [5, 5.41) is 10.3. The van der Waals surface area contributed by atoms with Crippen molar-refractivity contribution in [3.63, 3.8) is 0 Å². The Kier molecular flexibility index (Phi) is 2.34. The molecule has 0 fully saturated rings. The molecule has 0 radical (unpaired) electrons. The second-order valence-corrected chi connectivity index (χ2v) is 3.66. The number of benzene rings is 1. The molecular weight excluding hydrogens is 208 g/mol. The third-order valence-electron chi connectivity index (χ3n) is 2.76. The van der Waals surface area contributed by atoms with Crippen LogP contribution in [-0.4, -0.2) is 12.2 Å². The third kappa shape index (κ3) is 1.43. The number of rotatable bonds is 1. The Balaban J connectivity index is 2.92. The van der Waals surface area contributed by atoms with Gasteiger partial charge in [-0.3, -0.25) is 0 Å². The first-order chi connectivity index (χ1) is 7.54. The van der Waals surface area contributed by atoms with Gasteiger partial charge in [0, 0.05) is 17.0 Å². The number of hydrogen-bond donors (Lipinski definition) is 1. The number of aromatic hydroxyl groups is 1. The lowest BCUT2D eigenvalue weighted by molar-refractivity contribution is 0.373. The fourth-order valence-electron chi connectivity index (χ4n) is 1.62. The fraction of sp³-hybridized carbons (Fsp3) is 0.250. The van der Waals surface area contributed by atoms with Crippen molar-refractivity contribution in [2.75, 3.05) is 7.11 Å². The topological polar surface area (TPSA) is 59.7 Å². The van der Waals surface area contributed by atoms with E-state index in [1.807, 2.05) is 6.92 Å². The van der Waals surface area contributed by atoms with Gasteiger partial charge in [-0.1, -0.05) is 0 Å². The molecule has 2 rings (SSSR count). The van der Waals surface area contributed by atoms with Gasteiger partial charge in [0.2, 0.25) is 0 Å². The van der Waals surface area contributed by atoms with Crippen LogP contribution in [-0.2, 0) is 0 Å². The van der Waals surface area contributed by atoms with Crippen molar-refractivity contribution in [2.45, 2.75) is 13.8 Å². The fourth-order valence-corrected chi connectivity index (χ4v) is 1.62. The summed E-state index contributed by atoms with van der Waals surface area (Å²) in [4.78, 5) is 11.4. The number of phenols is 1. The Labute approximate surface area is 92.1 Å². The van der Waals surface area contributed by atoms with Crippen molar-refractivity contribution in [1.82, 2.24) is 0 Å². The van der Waals surface area contributed by atoms with Crippen LogP contribution in [0.25, 0.3) is 11.0 Å². The smallest absolute Gasteiger partial charge is 0.339 e. The van der Waals surface area contributed by atoms with E-state index in [1.165, 1.54) is 13.2 Å². The van der Waals surface area contributed by atoms with E-state index in [9.17, 15) is 9.90 Å². The van der Waals surface area contributed by atoms with E-state index in [-0.39, 0.29) is 11.4 Å². The summed E-state index contributed by atoms with van der Waals surface area (Å²) in [7, 11) is 1.47. The second-order valence-electron chi connectivity index (χ2n) is 3.66. The molecule has 2 aromatic rings. The highest BCUT2D eigenvalue weighted by Crippen LogP contribution is 2.32. The summed E-state index contributed by atoms with van der Waals surface area (Å²) in [5.41, 5.74) is 1.39. The molecule has 1 aromatic carbocycles. The molecule has 84 valence electrons. The van der Waals surface area contributed by atoms with Crippen molar-refractivity contribution in [3.8, 4) is 11.5 Å². The van der Waals surface area contributed by atoms with E-state index in [2.05, 4.69) is 0 Å². The first kappa shape index (κ1) is 10.5. The van der Waals surface area contributed by atoms with Gasteiger partial charge in [0.25, 0.3) is 0 Å². The minimum atomic E-state index is -0.380. The van der Waals surface area contributed by atoms with E-state index in [0.717, 1.165) is 10.9 Å². The summed E-state index contributed by atoms with van der Waals surface area (Å²) in [6.07, 6.45) is 0. The Morgan fingerprint density at radius 1 is 1.25 bits per heavy atom. The Morgan fingerprint density at radius 3 is 2.56 bits per heavy atom. The van der Waals surface area contributed by atoms with Crippen molar-refractivity contribution < 1.29 is 14.3 Å². The Bertz CT molecular complexity index is 610. The number of ether oxygens (including phenoxy) is 1. The molecular formula is C12H12O4. The summed E-state index contributed by atoms with van der Waals surface area (Å²) < 4.78 is 10.1. The van der Waals surface area contributed by atoms with Gasteiger partial charge in [-0.05, 0) is 25.5 Å². The summed E-state index contributed by atoms with van der Waals surface area (Å²) >= 11 is 0. The van der Waals surface area contributed by atoms with Crippen LogP contribution < -0.4 is 10.4 Å². The monoisotopic (exact) mass is 220 g/mol. The maximum Gasteiger partial charge on any atom is 0.339 e. The van der Waals surface area contributed by atoms with Crippen LogP contribution in [0.3, 0.4) is 0 Å². The van der Waals surface area contributed by atoms with Crippen LogP contribution in [0.2, 0.25) is 0 Å². The average molecular weight is 220 g/mol. The predicted molar refractivity (Wildman–Crippen MR) is 60.2 cm³/mol. The highest BCUT2D eigenvalue weighted by molar-refractivity contribution is 5.84. The molecule has 0 aliphatic heterocycles. The Morgan fingerprint density at radius 2 is 1.94 bits per heavy atom. The number of hydrogen-bond acceptors (Lipinski definition) is 4. The largest absolute Gasteiger partial charge is 0.504 e. The van der Waals surface area contributed by atoms with Crippen molar-refractivity contribution in [3.05, 3.63) is 33.7 Å². The number of aryl methyl sites for hydroxylation is 1. The molecule has 0 amide bonds. The van der Waals surface area contributed by atoms with Crippen LogP contribution in [0.4, 0.5) is 0 Å². The van der Waals surface area contributed by atoms with E-state index in [1.54, 1.807) is 13.0 Å². The summed E-state index contributed by atoms with van der Waals surface area (Å²) in [6.45, 7) is 3.55. The zero-order chi connectivity index (χ0) is 11.9. The lowest BCUT2D eigenvalue weighted by Crippen LogP contribution is -2.05. The van der Waals surface area contributed by atoms with E-state index in [0.29, 0.717) is 16.9 Å². The normalized spacial score (nSPS) is 10.7. The maximum atomic E-state index is 11.4. The van der Waals surface area contributed by atoms with E-state index < -0.39 is 0 Å². The van der Waals surface area contributed by atoms with Gasteiger partial charge in [-0.2, -0.15) is 0 Å². The minimum Gasteiger partial charge on any atom is -0.504 e. The van der Waals surface area contributed by atoms with Crippen molar-refractivity contribution in [2.24, 2.45) is 0 Å². The summed E-state index contributed by atoms with van der Waals surface area (Å²) in [5.74, 6) is 0.324. The maximum absolute atomic E-state index is 11.4. The highest BCUT2D eigenvalue weighted by Gasteiger charge is 2.11. The van der Waals surface area contributed by atoms with Crippen molar-refractivity contribution in [1.29, 1.82) is 0 Å². The molecule has 0 aliphatic carbocycles. The van der Waals surface area contributed by atoms with Crippen molar-refractivity contribution >= 4 is 11.0 Å². The highest BCUT2D eigenvalue weighted by atomic mass is 16.5. The summed E-state index contributed by atoms with van der Waals surface area (Å²) in [6, 6.07) is 3.05. The molecule has 0 saturated carbocycles. The molecule has 4 nitrogen and oxygen atoms in total. The molecule has 0 spiro atoms. The van der Waals surface area contributed by atoms with Gasteiger partial charge in [0.15, 0.2) is 11.5 Å². The van der Waals surface area contributed by atoms with Gasteiger partial charge >= 0.3 is 5.63 Å². The molecule has 16 heavy (non-hydrogen) atoms. The molecule has 0 saturated heterocycles. The van der Waals surface area contributed by atoms with Gasteiger partial charge in [-0.15, -0.1) is 0 Å². The van der Waals surface area contributed by atoms with E-state index in [4.69, 9.17) is 9.15 Å². The van der Waals surface area contributed by atoms with Gasteiger partial charge in [0.05, 0.1) is 7.11 Å². The SMILES string of the molecule is COc1cc2c(C)c(C)c(=O)oc2cc1O.